The van der Waals surface area contributed by atoms with Crippen LogP contribution < -0.4 is 9.64 Å². The number of piperazine rings is 1. The van der Waals surface area contributed by atoms with Crippen LogP contribution in [0.15, 0.2) is 18.2 Å². The average Bonchev–Trinajstić information content (AvgIpc) is 2.58. The molecule has 1 heterocycles. The van der Waals surface area contributed by atoms with Gasteiger partial charge in [-0.3, -0.25) is 4.90 Å². The molecule has 1 aliphatic rings. The summed E-state index contributed by atoms with van der Waals surface area (Å²) < 4.78 is 5.80. The largest absolute Gasteiger partial charge is 0.494 e. The van der Waals surface area contributed by atoms with Gasteiger partial charge in [0.2, 0.25) is 0 Å². The fraction of sp³-hybridized carbons (Fsp3) is 0.700. The summed E-state index contributed by atoms with van der Waals surface area (Å²) in [5.74, 6) is 2.41. The summed E-state index contributed by atoms with van der Waals surface area (Å²) in [6.45, 7) is 14.9. The molecule has 2 rings (SSSR count). The van der Waals surface area contributed by atoms with Crippen LogP contribution in [0, 0.1) is 5.92 Å². The number of anilines is 1. The van der Waals surface area contributed by atoms with E-state index in [1.807, 2.05) is 7.11 Å². The van der Waals surface area contributed by atoms with Crippen molar-refractivity contribution < 1.29 is 4.74 Å². The van der Waals surface area contributed by atoms with Crippen molar-refractivity contribution in [2.24, 2.45) is 5.92 Å². The van der Waals surface area contributed by atoms with Crippen LogP contribution in [0.4, 0.5) is 5.69 Å². The van der Waals surface area contributed by atoms with Crippen molar-refractivity contribution in [1.29, 1.82) is 0 Å². The first-order valence-electron chi connectivity index (χ1n) is 9.21. The highest BCUT2D eigenvalue weighted by Crippen LogP contribution is 2.37. The van der Waals surface area contributed by atoms with Crippen LogP contribution in [0.1, 0.15) is 52.0 Å². The monoisotopic (exact) mass is 318 g/mol. The van der Waals surface area contributed by atoms with Crippen LogP contribution in [0.2, 0.25) is 0 Å². The first-order chi connectivity index (χ1) is 11.1. The average molecular weight is 319 g/mol. The Kier molecular flexibility index (Phi) is 6.76. The topological polar surface area (TPSA) is 15.7 Å². The van der Waals surface area contributed by atoms with Crippen LogP contribution in [0.25, 0.3) is 0 Å². The Morgan fingerprint density at radius 2 is 1.78 bits per heavy atom. The lowest BCUT2D eigenvalue weighted by molar-refractivity contribution is 0.243. The summed E-state index contributed by atoms with van der Waals surface area (Å²) in [4.78, 5) is 5.10. The lowest BCUT2D eigenvalue weighted by Gasteiger charge is -2.37. The van der Waals surface area contributed by atoms with E-state index in [4.69, 9.17) is 4.74 Å². The van der Waals surface area contributed by atoms with Gasteiger partial charge in [-0.1, -0.05) is 39.8 Å². The van der Waals surface area contributed by atoms with Crippen molar-refractivity contribution in [2.75, 3.05) is 44.7 Å². The van der Waals surface area contributed by atoms with Crippen molar-refractivity contribution >= 4 is 5.69 Å². The summed E-state index contributed by atoms with van der Waals surface area (Å²) in [5.41, 5.74) is 2.61. The van der Waals surface area contributed by atoms with Gasteiger partial charge in [0, 0.05) is 26.2 Å². The van der Waals surface area contributed by atoms with Crippen LogP contribution in [-0.2, 0) is 0 Å². The third-order valence-corrected chi connectivity index (χ3v) is 5.11. The smallest absolute Gasteiger partial charge is 0.145 e. The van der Waals surface area contributed by atoms with E-state index >= 15 is 0 Å². The molecule has 3 nitrogen and oxygen atoms in total. The Bertz CT molecular complexity index is 479. The van der Waals surface area contributed by atoms with Gasteiger partial charge in [-0.05, 0) is 42.9 Å². The Morgan fingerprint density at radius 3 is 2.35 bits per heavy atom. The molecule has 0 N–H and O–H groups in total. The van der Waals surface area contributed by atoms with Crippen LogP contribution in [-0.4, -0.2) is 44.7 Å². The maximum Gasteiger partial charge on any atom is 0.145 e. The minimum Gasteiger partial charge on any atom is -0.494 e. The lowest BCUT2D eigenvalue weighted by Crippen LogP contribution is -2.47. The summed E-state index contributed by atoms with van der Waals surface area (Å²) >= 11 is 0. The van der Waals surface area contributed by atoms with Crippen molar-refractivity contribution in [3.8, 4) is 5.75 Å². The zero-order chi connectivity index (χ0) is 16.8. The van der Waals surface area contributed by atoms with Gasteiger partial charge in [-0.15, -0.1) is 0 Å². The van der Waals surface area contributed by atoms with E-state index in [0.29, 0.717) is 5.92 Å². The molecule has 130 valence electrons. The summed E-state index contributed by atoms with van der Waals surface area (Å²) in [6.07, 6.45) is 2.44. The normalized spacial score (nSPS) is 17.6. The Hall–Kier alpha value is -1.22. The fourth-order valence-corrected chi connectivity index (χ4v) is 3.27. The summed E-state index contributed by atoms with van der Waals surface area (Å²) in [5, 5.41) is 0. The molecule has 0 spiro atoms. The fourth-order valence-electron chi connectivity index (χ4n) is 3.27. The highest BCUT2D eigenvalue weighted by atomic mass is 16.5. The SMILES string of the molecule is CCC(C)c1cccc(N2CCN(CCC(C)C)CC2)c1OC. The molecule has 0 saturated carbocycles. The van der Waals surface area contributed by atoms with E-state index in [-0.39, 0.29) is 0 Å². The van der Waals surface area contributed by atoms with Crippen LogP contribution >= 0.6 is 0 Å². The van der Waals surface area contributed by atoms with E-state index in [1.165, 1.54) is 24.2 Å². The molecule has 0 amide bonds. The predicted molar refractivity (Wildman–Crippen MR) is 99.8 cm³/mol. The quantitative estimate of drug-likeness (QED) is 0.742. The molecular weight excluding hydrogens is 284 g/mol. The molecule has 1 saturated heterocycles. The molecule has 0 radical (unpaired) electrons. The summed E-state index contributed by atoms with van der Waals surface area (Å²) in [7, 11) is 1.81. The Labute approximate surface area is 142 Å². The number of nitrogens with zero attached hydrogens (tertiary/aromatic N) is 2. The maximum absolute atomic E-state index is 5.80. The number of ether oxygens (including phenoxy) is 1. The highest BCUT2D eigenvalue weighted by molar-refractivity contribution is 5.63. The lowest BCUT2D eigenvalue weighted by atomic mass is 9.96. The molecule has 1 atom stereocenters. The molecular formula is C20H34N2O. The van der Waals surface area contributed by atoms with Gasteiger partial charge < -0.3 is 9.64 Å². The van der Waals surface area contributed by atoms with Gasteiger partial charge in [0.15, 0.2) is 0 Å². The third-order valence-electron chi connectivity index (χ3n) is 5.11. The molecule has 0 aromatic heterocycles. The first kappa shape index (κ1) is 18.1. The van der Waals surface area contributed by atoms with Gasteiger partial charge >= 0.3 is 0 Å². The van der Waals surface area contributed by atoms with Crippen molar-refractivity contribution in [2.45, 2.75) is 46.5 Å². The maximum atomic E-state index is 5.80. The molecule has 3 heteroatoms. The summed E-state index contributed by atoms with van der Waals surface area (Å²) in [6, 6.07) is 6.62. The second-order valence-corrected chi connectivity index (χ2v) is 7.22. The van der Waals surface area contributed by atoms with Crippen molar-refractivity contribution in [1.82, 2.24) is 4.90 Å². The molecule has 0 aliphatic carbocycles. The highest BCUT2D eigenvalue weighted by Gasteiger charge is 2.22. The van der Waals surface area contributed by atoms with E-state index in [2.05, 4.69) is 55.7 Å². The van der Waals surface area contributed by atoms with E-state index in [1.54, 1.807) is 0 Å². The van der Waals surface area contributed by atoms with E-state index < -0.39 is 0 Å². The van der Waals surface area contributed by atoms with Crippen LogP contribution in [0.3, 0.4) is 0 Å². The zero-order valence-electron chi connectivity index (χ0n) is 15.6. The van der Waals surface area contributed by atoms with Gasteiger partial charge in [-0.25, -0.2) is 0 Å². The van der Waals surface area contributed by atoms with Gasteiger partial charge in [0.25, 0.3) is 0 Å². The zero-order valence-corrected chi connectivity index (χ0v) is 15.6. The Morgan fingerprint density at radius 1 is 1.09 bits per heavy atom. The number of benzene rings is 1. The first-order valence-corrected chi connectivity index (χ1v) is 9.21. The second kappa shape index (κ2) is 8.58. The van der Waals surface area contributed by atoms with Gasteiger partial charge in [-0.2, -0.15) is 0 Å². The molecule has 1 aromatic carbocycles. The number of hydrogen-bond acceptors (Lipinski definition) is 3. The minimum absolute atomic E-state index is 0.539. The molecule has 1 unspecified atom stereocenters. The number of rotatable bonds is 7. The van der Waals surface area contributed by atoms with Crippen molar-refractivity contribution in [3.63, 3.8) is 0 Å². The second-order valence-electron chi connectivity index (χ2n) is 7.22. The number of methoxy groups -OCH3 is 1. The minimum atomic E-state index is 0.539. The molecule has 1 aliphatic heterocycles. The molecule has 23 heavy (non-hydrogen) atoms. The van der Waals surface area contributed by atoms with Gasteiger partial charge in [0.1, 0.15) is 5.75 Å². The van der Waals surface area contributed by atoms with Crippen LogP contribution in [0.5, 0.6) is 5.75 Å². The standard InChI is InChI=1S/C20H34N2O/c1-6-17(4)18-8-7-9-19(20(18)23-5)22-14-12-21(13-15-22)11-10-16(2)3/h7-9,16-17H,6,10-15H2,1-5H3. The molecule has 0 bridgehead atoms. The Balaban J connectivity index is 2.06. The van der Waals surface area contributed by atoms with E-state index in [9.17, 15) is 0 Å². The number of para-hydroxylation sites is 1. The predicted octanol–water partition coefficient (Wildman–Crippen LogP) is 4.38. The third kappa shape index (κ3) is 4.63. The van der Waals surface area contributed by atoms with E-state index in [0.717, 1.165) is 44.3 Å². The van der Waals surface area contributed by atoms with Crippen molar-refractivity contribution in [3.05, 3.63) is 23.8 Å². The van der Waals surface area contributed by atoms with Gasteiger partial charge in [0.05, 0.1) is 12.8 Å². The number of hydrogen-bond donors (Lipinski definition) is 0. The molecule has 1 aromatic rings. The molecule has 1 fully saturated rings.